The van der Waals surface area contributed by atoms with Crippen LogP contribution in [-0.2, 0) is 20.0 Å². The van der Waals surface area contributed by atoms with Crippen LogP contribution >= 0.6 is 0 Å². The first kappa shape index (κ1) is 31.9. The molecule has 6 rings (SSSR count). The molecule has 47 heavy (non-hydrogen) atoms. The zero-order chi connectivity index (χ0) is 33.6. The Morgan fingerprint density at radius 3 is 2.64 bits per heavy atom. The van der Waals surface area contributed by atoms with Gasteiger partial charge in [0, 0.05) is 40.0 Å². The van der Waals surface area contributed by atoms with Gasteiger partial charge >= 0.3 is 10.9 Å². The van der Waals surface area contributed by atoms with Crippen molar-refractivity contribution in [3.8, 4) is 11.6 Å². The average Bonchev–Trinajstić information content (AvgIpc) is 3.58. The number of nitrogens with one attached hydrogen (secondary N) is 2. The van der Waals surface area contributed by atoms with Gasteiger partial charge in [-0.05, 0) is 84.7 Å². The number of ether oxygens (including phenoxy) is 2. The Bertz CT molecular complexity index is 2150. The van der Waals surface area contributed by atoms with Crippen LogP contribution in [0.2, 0.25) is 0 Å². The summed E-state index contributed by atoms with van der Waals surface area (Å²) in [7, 11) is -4.22. The Labute approximate surface area is 272 Å². The first-order valence-electron chi connectivity index (χ1n) is 15.2. The smallest absolute Gasteiger partial charge is 0.414 e. The van der Waals surface area contributed by atoms with Gasteiger partial charge in [-0.3, -0.25) is 9.42 Å². The lowest BCUT2D eigenvalue weighted by atomic mass is 9.86. The second kappa shape index (κ2) is 11.9. The van der Waals surface area contributed by atoms with Crippen LogP contribution in [0.25, 0.3) is 34.0 Å². The molecule has 11 nitrogen and oxygen atoms in total. The van der Waals surface area contributed by atoms with Gasteiger partial charge < -0.3 is 25.0 Å². The van der Waals surface area contributed by atoms with Gasteiger partial charge in [-0.1, -0.05) is 45.0 Å². The molecule has 244 valence electrons. The quantitative estimate of drug-likeness (QED) is 0.114. The number of H-pyrrole nitrogens is 1. The third kappa shape index (κ3) is 6.33. The molecule has 5 aromatic rings. The lowest BCUT2D eigenvalue weighted by molar-refractivity contribution is -0.832. The summed E-state index contributed by atoms with van der Waals surface area (Å²) in [6.45, 7) is 10.7. The number of carbonyl (C=O) groups is 1. The maximum atomic E-state index is 12.9. The number of fused-ring (bicyclic) bond motifs is 5. The summed E-state index contributed by atoms with van der Waals surface area (Å²) in [6.07, 6.45) is 7.60. The van der Waals surface area contributed by atoms with Crippen LogP contribution in [0.3, 0.4) is 0 Å². The highest BCUT2D eigenvalue weighted by Gasteiger charge is 2.35. The van der Waals surface area contributed by atoms with Crippen molar-refractivity contribution in [2.75, 3.05) is 13.2 Å². The summed E-state index contributed by atoms with van der Waals surface area (Å²) in [5.74, 6) is -0.0850. The number of aromatic nitrogens is 3. The number of aromatic amines is 1. The molecular weight excluding hydrogens is 620 g/mol. The SMILES string of the molecule is CC1(C)C=Cc2c(c(/C=C/C(=O)NCCCOc3no[n+]([O-])c3S(=O)(=O)c3ccccc3)cc3c2[nH]c2ccc(C(C)(C)C)cc23)O1. The molecule has 0 saturated heterocycles. The van der Waals surface area contributed by atoms with E-state index in [2.05, 4.69) is 65.1 Å². The predicted molar refractivity (Wildman–Crippen MR) is 178 cm³/mol. The first-order valence-corrected chi connectivity index (χ1v) is 16.7. The van der Waals surface area contributed by atoms with Gasteiger partial charge in [0.1, 0.15) is 11.4 Å². The molecule has 3 aromatic carbocycles. The summed E-state index contributed by atoms with van der Waals surface area (Å²) >= 11 is 0. The number of carbonyl (C=O) groups excluding carboxylic acids is 1. The molecule has 0 saturated carbocycles. The van der Waals surface area contributed by atoms with E-state index < -0.39 is 26.3 Å². The minimum atomic E-state index is -4.22. The Morgan fingerprint density at radius 1 is 1.13 bits per heavy atom. The highest BCUT2D eigenvalue weighted by Crippen LogP contribution is 2.42. The van der Waals surface area contributed by atoms with Crippen LogP contribution in [0.1, 0.15) is 57.7 Å². The van der Waals surface area contributed by atoms with Crippen LogP contribution in [0, 0.1) is 5.21 Å². The fourth-order valence-electron chi connectivity index (χ4n) is 5.43. The second-order valence-corrected chi connectivity index (χ2v) is 14.9. The van der Waals surface area contributed by atoms with Gasteiger partial charge in [0.25, 0.3) is 9.84 Å². The van der Waals surface area contributed by atoms with Crippen LogP contribution in [0.4, 0.5) is 0 Å². The molecule has 0 spiro atoms. The predicted octanol–water partition coefficient (Wildman–Crippen LogP) is 5.86. The summed E-state index contributed by atoms with van der Waals surface area (Å²) in [6, 6.07) is 16.0. The molecule has 0 radical (unpaired) electrons. The monoisotopic (exact) mass is 656 g/mol. The van der Waals surface area contributed by atoms with Gasteiger partial charge in [0.2, 0.25) is 5.91 Å². The number of hydrogen-bond donors (Lipinski definition) is 2. The Kier molecular flexibility index (Phi) is 8.08. The number of rotatable bonds is 9. The molecular formula is C35H36N4O7S. The molecule has 1 aliphatic heterocycles. The molecule has 0 unspecified atom stereocenters. The normalized spacial score (nSPS) is 14.4. The van der Waals surface area contributed by atoms with Crippen LogP contribution in [0.5, 0.6) is 11.6 Å². The third-order valence-corrected chi connectivity index (χ3v) is 9.65. The molecule has 0 bridgehead atoms. The fraction of sp³-hybridized carbons (Fsp3) is 0.286. The maximum absolute atomic E-state index is 12.9. The van der Waals surface area contributed by atoms with Crippen molar-refractivity contribution in [2.24, 2.45) is 0 Å². The number of sulfone groups is 1. The van der Waals surface area contributed by atoms with Crippen molar-refractivity contribution < 1.29 is 32.2 Å². The lowest BCUT2D eigenvalue weighted by Crippen LogP contribution is -2.31. The highest BCUT2D eigenvalue weighted by molar-refractivity contribution is 7.91. The molecule has 2 N–H and O–H groups in total. The molecule has 0 atom stereocenters. The standard InChI is InChI=1S/C35H36N4O7S/c1-34(2,3)23-13-14-28-26(21-23)27-20-22(31-25(30(27)37-28)16-17-35(4,5)45-31)12-15-29(40)36-18-9-19-44-32-33(39(41)46-38-32)47(42,43)24-10-7-6-8-11-24/h6-8,10-17,20-21,37H,9,18-19H2,1-5H3,(H,36,40)/b15-12+. The first-order chi connectivity index (χ1) is 22.2. The van der Waals surface area contributed by atoms with Crippen molar-refractivity contribution >= 4 is 49.7 Å². The summed E-state index contributed by atoms with van der Waals surface area (Å²) < 4.78 is 42.2. The number of hydrogen-bond acceptors (Lipinski definition) is 8. The van der Waals surface area contributed by atoms with E-state index in [1.54, 1.807) is 12.1 Å². The van der Waals surface area contributed by atoms with E-state index >= 15 is 0 Å². The Morgan fingerprint density at radius 2 is 1.89 bits per heavy atom. The Balaban J connectivity index is 1.16. The molecule has 2 aromatic heterocycles. The molecule has 0 fully saturated rings. The highest BCUT2D eigenvalue weighted by atomic mass is 32.2. The van der Waals surface area contributed by atoms with E-state index in [0.29, 0.717) is 12.2 Å². The third-order valence-electron chi connectivity index (χ3n) is 7.93. The number of benzene rings is 3. The molecule has 3 heterocycles. The van der Waals surface area contributed by atoms with Crippen molar-refractivity contribution in [3.05, 3.63) is 88.6 Å². The zero-order valence-electron chi connectivity index (χ0n) is 26.8. The minimum absolute atomic E-state index is 0.0139. The summed E-state index contributed by atoms with van der Waals surface area (Å²) in [4.78, 5) is 16.1. The fourth-order valence-corrected chi connectivity index (χ4v) is 6.72. The largest absolute Gasteiger partial charge is 0.482 e. The Hall–Kier alpha value is -5.10. The molecule has 0 aliphatic carbocycles. The summed E-state index contributed by atoms with van der Waals surface area (Å²) in [5, 5.41) is 19.7. The van der Waals surface area contributed by atoms with Gasteiger partial charge in [-0.15, -0.1) is 0 Å². The van der Waals surface area contributed by atoms with Crippen LogP contribution in [-0.4, -0.2) is 43.2 Å². The summed E-state index contributed by atoms with van der Waals surface area (Å²) in [5.41, 5.74) is 4.38. The maximum Gasteiger partial charge on any atom is 0.414 e. The topological polar surface area (TPSA) is 150 Å². The van der Waals surface area contributed by atoms with Gasteiger partial charge in [-0.25, -0.2) is 8.42 Å². The van der Waals surface area contributed by atoms with Crippen molar-refractivity contribution in [1.29, 1.82) is 0 Å². The van der Waals surface area contributed by atoms with Gasteiger partial charge in [0.15, 0.2) is 0 Å². The zero-order valence-corrected chi connectivity index (χ0v) is 27.6. The van der Waals surface area contributed by atoms with Crippen molar-refractivity contribution in [1.82, 2.24) is 15.5 Å². The van der Waals surface area contributed by atoms with Gasteiger partial charge in [-0.2, -0.15) is 0 Å². The number of amides is 1. The van der Waals surface area contributed by atoms with E-state index in [-0.39, 0.29) is 34.3 Å². The van der Waals surface area contributed by atoms with E-state index in [4.69, 9.17) is 9.47 Å². The lowest BCUT2D eigenvalue weighted by Gasteiger charge is -2.29. The van der Waals surface area contributed by atoms with Gasteiger partial charge in [0.05, 0.1) is 22.2 Å². The van der Waals surface area contributed by atoms with Crippen LogP contribution in [0.15, 0.2) is 81.3 Å². The van der Waals surface area contributed by atoms with E-state index in [1.807, 2.05) is 26.0 Å². The van der Waals surface area contributed by atoms with Crippen molar-refractivity contribution in [2.45, 2.75) is 62.0 Å². The average molecular weight is 657 g/mol. The van der Waals surface area contributed by atoms with Crippen molar-refractivity contribution in [3.63, 3.8) is 0 Å². The molecule has 1 aliphatic rings. The minimum Gasteiger partial charge on any atom is -0.482 e. The second-order valence-electron chi connectivity index (χ2n) is 13.0. The van der Waals surface area contributed by atoms with E-state index in [9.17, 15) is 18.4 Å². The number of nitrogens with zero attached hydrogens (tertiary/aromatic N) is 2. The molecule has 12 heteroatoms. The van der Waals surface area contributed by atoms with E-state index in [1.165, 1.54) is 35.9 Å². The van der Waals surface area contributed by atoms with Crippen LogP contribution < -0.4 is 19.7 Å². The van der Waals surface area contributed by atoms with E-state index in [0.717, 1.165) is 32.9 Å². The molecule has 1 amide bonds.